The van der Waals surface area contributed by atoms with Gasteiger partial charge in [0.1, 0.15) is 12.4 Å². The van der Waals surface area contributed by atoms with E-state index in [0.717, 1.165) is 5.75 Å². The first kappa shape index (κ1) is 17.5. The van der Waals surface area contributed by atoms with Crippen LogP contribution >= 0.6 is 0 Å². The number of benzene rings is 2. The molecule has 126 valence electrons. The highest BCUT2D eigenvalue weighted by atomic mass is 16.5. The lowest BCUT2D eigenvalue weighted by atomic mass is 10.1. The van der Waals surface area contributed by atoms with Gasteiger partial charge in [0, 0.05) is 12.1 Å². The normalized spacial score (nSPS) is 11.4. The number of carbonyl (C=O) groups is 2. The summed E-state index contributed by atoms with van der Waals surface area (Å²) in [6.45, 7) is 4.09. The SMILES string of the molecule is CCNC(=O)[C@@H](C)OC(=O)c1ccccc1COc1ccccc1. The average molecular weight is 327 g/mol. The molecule has 5 nitrogen and oxygen atoms in total. The molecule has 0 radical (unpaired) electrons. The van der Waals surface area contributed by atoms with E-state index in [9.17, 15) is 9.59 Å². The van der Waals surface area contributed by atoms with Gasteiger partial charge in [0.05, 0.1) is 5.56 Å². The molecule has 0 bridgehead atoms. The van der Waals surface area contributed by atoms with E-state index >= 15 is 0 Å². The number of hydrogen-bond donors (Lipinski definition) is 1. The molecule has 0 aromatic heterocycles. The van der Waals surface area contributed by atoms with Gasteiger partial charge >= 0.3 is 5.97 Å². The van der Waals surface area contributed by atoms with Gasteiger partial charge in [-0.05, 0) is 32.0 Å². The Balaban J connectivity index is 2.04. The maximum absolute atomic E-state index is 12.3. The smallest absolute Gasteiger partial charge is 0.339 e. The Morgan fingerprint density at radius 2 is 1.71 bits per heavy atom. The Morgan fingerprint density at radius 3 is 2.42 bits per heavy atom. The Hall–Kier alpha value is -2.82. The van der Waals surface area contributed by atoms with Gasteiger partial charge in [-0.25, -0.2) is 4.79 Å². The zero-order valence-electron chi connectivity index (χ0n) is 13.8. The summed E-state index contributed by atoms with van der Waals surface area (Å²) in [5.74, 6) is -0.138. The minimum Gasteiger partial charge on any atom is -0.489 e. The molecule has 0 saturated carbocycles. The topological polar surface area (TPSA) is 64.6 Å². The fourth-order valence-corrected chi connectivity index (χ4v) is 2.12. The molecule has 5 heteroatoms. The summed E-state index contributed by atoms with van der Waals surface area (Å²) in [5, 5.41) is 2.62. The van der Waals surface area contributed by atoms with E-state index in [-0.39, 0.29) is 12.5 Å². The van der Waals surface area contributed by atoms with E-state index in [1.165, 1.54) is 0 Å². The summed E-state index contributed by atoms with van der Waals surface area (Å²) in [4.78, 5) is 24.0. The van der Waals surface area contributed by atoms with Gasteiger partial charge in [-0.3, -0.25) is 4.79 Å². The van der Waals surface area contributed by atoms with Crippen LogP contribution in [-0.4, -0.2) is 24.5 Å². The number of nitrogens with one attached hydrogen (secondary N) is 1. The van der Waals surface area contributed by atoms with Crippen molar-refractivity contribution in [2.24, 2.45) is 0 Å². The Kier molecular flexibility index (Phi) is 6.37. The maximum Gasteiger partial charge on any atom is 0.339 e. The molecule has 2 rings (SSSR count). The molecule has 0 heterocycles. The lowest BCUT2D eigenvalue weighted by Gasteiger charge is -2.15. The van der Waals surface area contributed by atoms with Gasteiger partial charge in [-0.2, -0.15) is 0 Å². The molecule has 0 fully saturated rings. The van der Waals surface area contributed by atoms with E-state index in [1.54, 1.807) is 25.1 Å². The van der Waals surface area contributed by atoms with E-state index in [0.29, 0.717) is 17.7 Å². The molecule has 24 heavy (non-hydrogen) atoms. The molecule has 0 aliphatic heterocycles. The van der Waals surface area contributed by atoms with Crippen molar-refractivity contribution >= 4 is 11.9 Å². The van der Waals surface area contributed by atoms with Crippen LogP contribution in [0.2, 0.25) is 0 Å². The van der Waals surface area contributed by atoms with Gasteiger partial charge in [0.2, 0.25) is 0 Å². The molecule has 0 unspecified atom stereocenters. The second-order valence-electron chi connectivity index (χ2n) is 5.20. The number of rotatable bonds is 7. The Morgan fingerprint density at radius 1 is 1.04 bits per heavy atom. The fraction of sp³-hybridized carbons (Fsp3) is 0.263. The van der Waals surface area contributed by atoms with Crippen molar-refractivity contribution in [2.45, 2.75) is 26.6 Å². The predicted molar refractivity (Wildman–Crippen MR) is 90.8 cm³/mol. The fourth-order valence-electron chi connectivity index (χ4n) is 2.12. The molecule has 2 aromatic carbocycles. The van der Waals surface area contributed by atoms with Crippen LogP contribution in [0, 0.1) is 0 Å². The van der Waals surface area contributed by atoms with Crippen LogP contribution in [0.3, 0.4) is 0 Å². The Labute approximate surface area is 141 Å². The molecule has 2 aromatic rings. The van der Waals surface area contributed by atoms with Crippen LogP contribution < -0.4 is 10.1 Å². The molecule has 0 saturated heterocycles. The number of amides is 1. The first-order valence-electron chi connectivity index (χ1n) is 7.86. The second kappa shape index (κ2) is 8.72. The lowest BCUT2D eigenvalue weighted by Crippen LogP contribution is -2.35. The van der Waals surface area contributed by atoms with Crippen LogP contribution in [0.15, 0.2) is 54.6 Å². The lowest BCUT2D eigenvalue weighted by molar-refractivity contribution is -0.128. The minimum absolute atomic E-state index is 0.241. The van der Waals surface area contributed by atoms with Crippen molar-refractivity contribution < 1.29 is 19.1 Å². The number of likely N-dealkylation sites (N-methyl/N-ethyl adjacent to an activating group) is 1. The molecule has 1 atom stereocenters. The average Bonchev–Trinajstić information content (AvgIpc) is 2.61. The zero-order valence-corrected chi connectivity index (χ0v) is 13.8. The molecular weight excluding hydrogens is 306 g/mol. The second-order valence-corrected chi connectivity index (χ2v) is 5.20. The van der Waals surface area contributed by atoms with Crippen molar-refractivity contribution in [3.8, 4) is 5.75 Å². The maximum atomic E-state index is 12.3. The van der Waals surface area contributed by atoms with Gasteiger partial charge in [-0.15, -0.1) is 0 Å². The third-order valence-corrected chi connectivity index (χ3v) is 3.38. The minimum atomic E-state index is -0.847. The van der Waals surface area contributed by atoms with E-state index in [2.05, 4.69) is 5.32 Å². The first-order valence-corrected chi connectivity index (χ1v) is 7.86. The number of para-hydroxylation sites is 1. The highest BCUT2D eigenvalue weighted by molar-refractivity contribution is 5.93. The van der Waals surface area contributed by atoms with Gasteiger partial charge in [-0.1, -0.05) is 36.4 Å². The van der Waals surface area contributed by atoms with Gasteiger partial charge in [0.25, 0.3) is 5.91 Å². The summed E-state index contributed by atoms with van der Waals surface area (Å²) in [7, 11) is 0. The van der Waals surface area contributed by atoms with Crippen molar-refractivity contribution in [1.29, 1.82) is 0 Å². The molecular formula is C19H21NO4. The number of hydrogen-bond acceptors (Lipinski definition) is 4. The van der Waals surface area contributed by atoms with E-state index in [1.807, 2.05) is 43.3 Å². The van der Waals surface area contributed by atoms with E-state index < -0.39 is 12.1 Å². The van der Waals surface area contributed by atoms with Crippen LogP contribution in [0.1, 0.15) is 29.8 Å². The summed E-state index contributed by atoms with van der Waals surface area (Å²) in [6, 6.07) is 16.4. The molecule has 0 aliphatic carbocycles. The first-order chi connectivity index (χ1) is 11.6. The van der Waals surface area contributed by atoms with E-state index in [4.69, 9.17) is 9.47 Å². The number of carbonyl (C=O) groups excluding carboxylic acids is 2. The van der Waals surface area contributed by atoms with Crippen molar-refractivity contribution in [1.82, 2.24) is 5.32 Å². The Bertz CT molecular complexity index is 685. The summed E-state index contributed by atoms with van der Waals surface area (Å²) < 4.78 is 10.9. The van der Waals surface area contributed by atoms with Crippen LogP contribution in [0.25, 0.3) is 0 Å². The predicted octanol–water partition coefficient (Wildman–Crippen LogP) is 2.95. The standard InChI is InChI=1S/C19H21NO4/c1-3-20-18(21)14(2)24-19(22)17-12-8-7-9-15(17)13-23-16-10-5-4-6-11-16/h4-12,14H,3,13H2,1-2H3,(H,20,21)/t14-/m1/s1. The number of esters is 1. The molecule has 0 spiro atoms. The van der Waals surface area contributed by atoms with Crippen molar-refractivity contribution in [3.63, 3.8) is 0 Å². The molecule has 0 aliphatic rings. The van der Waals surface area contributed by atoms with Gasteiger partial charge in [0.15, 0.2) is 6.10 Å². The zero-order chi connectivity index (χ0) is 17.4. The highest BCUT2D eigenvalue weighted by Crippen LogP contribution is 2.16. The van der Waals surface area contributed by atoms with Crippen LogP contribution in [0.4, 0.5) is 0 Å². The molecule has 1 amide bonds. The summed E-state index contributed by atoms with van der Waals surface area (Å²) in [5.41, 5.74) is 1.10. The quantitative estimate of drug-likeness (QED) is 0.794. The third kappa shape index (κ3) is 4.84. The molecule has 1 N–H and O–H groups in total. The highest BCUT2D eigenvalue weighted by Gasteiger charge is 2.20. The van der Waals surface area contributed by atoms with Crippen LogP contribution in [0.5, 0.6) is 5.75 Å². The summed E-state index contributed by atoms with van der Waals surface area (Å²) >= 11 is 0. The van der Waals surface area contributed by atoms with Crippen molar-refractivity contribution in [2.75, 3.05) is 6.54 Å². The van der Waals surface area contributed by atoms with Crippen molar-refractivity contribution in [3.05, 3.63) is 65.7 Å². The van der Waals surface area contributed by atoms with Crippen LogP contribution in [-0.2, 0) is 16.1 Å². The number of ether oxygens (including phenoxy) is 2. The monoisotopic (exact) mass is 327 g/mol. The third-order valence-electron chi connectivity index (χ3n) is 3.38. The summed E-state index contributed by atoms with van der Waals surface area (Å²) in [6.07, 6.45) is -0.847. The largest absolute Gasteiger partial charge is 0.489 e. The van der Waals surface area contributed by atoms with Gasteiger partial charge < -0.3 is 14.8 Å².